The molecule has 0 saturated heterocycles. The third-order valence-electron chi connectivity index (χ3n) is 3.47. The number of aromatic amines is 1. The number of imidazole rings is 1. The van der Waals surface area contributed by atoms with Gasteiger partial charge in [-0.3, -0.25) is 9.20 Å². The second-order valence-electron chi connectivity index (χ2n) is 4.81. The normalized spacial score (nSPS) is 10.7. The van der Waals surface area contributed by atoms with Gasteiger partial charge in [0.2, 0.25) is 0 Å². The molecule has 2 aromatic heterocycles. The third-order valence-corrected chi connectivity index (χ3v) is 3.47. The zero-order valence-electron chi connectivity index (χ0n) is 11.3. The molecule has 98 valence electrons. The van der Waals surface area contributed by atoms with Crippen molar-refractivity contribution in [1.29, 1.82) is 5.26 Å². The van der Waals surface area contributed by atoms with Crippen molar-refractivity contribution in [2.45, 2.75) is 13.8 Å². The van der Waals surface area contributed by atoms with Crippen LogP contribution in [0.15, 0.2) is 41.3 Å². The molecule has 4 nitrogen and oxygen atoms in total. The minimum Gasteiger partial charge on any atom is -0.343 e. The highest BCUT2D eigenvalue weighted by Gasteiger charge is 2.17. The van der Waals surface area contributed by atoms with E-state index in [1.54, 1.807) is 6.20 Å². The number of aromatic nitrogens is 2. The van der Waals surface area contributed by atoms with Crippen LogP contribution >= 0.6 is 0 Å². The van der Waals surface area contributed by atoms with Gasteiger partial charge in [0.25, 0.3) is 5.56 Å². The van der Waals surface area contributed by atoms with Crippen LogP contribution in [0.25, 0.3) is 16.8 Å². The summed E-state index contributed by atoms with van der Waals surface area (Å²) in [6.07, 6.45) is 1.73. The second-order valence-corrected chi connectivity index (χ2v) is 4.81. The molecule has 0 amide bonds. The maximum absolute atomic E-state index is 12.7. The van der Waals surface area contributed by atoms with E-state index in [1.807, 2.05) is 44.2 Å². The second kappa shape index (κ2) is 4.39. The number of hydrogen-bond acceptors (Lipinski definition) is 2. The predicted molar refractivity (Wildman–Crippen MR) is 77.6 cm³/mol. The summed E-state index contributed by atoms with van der Waals surface area (Å²) in [6.45, 7) is 3.68. The number of aryl methyl sites for hydroxylation is 1. The Morgan fingerprint density at radius 2 is 1.90 bits per heavy atom. The van der Waals surface area contributed by atoms with Crippen LogP contribution < -0.4 is 5.56 Å². The fourth-order valence-corrected chi connectivity index (χ4v) is 2.55. The molecule has 2 heterocycles. The van der Waals surface area contributed by atoms with E-state index in [0.29, 0.717) is 22.3 Å². The Hall–Kier alpha value is -2.80. The Bertz CT molecular complexity index is 895. The number of nitriles is 1. The number of pyridine rings is 1. The molecule has 0 unspecified atom stereocenters. The minimum atomic E-state index is -0.105. The summed E-state index contributed by atoms with van der Waals surface area (Å²) in [4.78, 5) is 15.7. The van der Waals surface area contributed by atoms with Crippen LogP contribution in [0, 0.1) is 25.2 Å². The zero-order chi connectivity index (χ0) is 14.3. The summed E-state index contributed by atoms with van der Waals surface area (Å²) < 4.78 is 1.52. The average molecular weight is 263 g/mol. The van der Waals surface area contributed by atoms with Crippen molar-refractivity contribution in [3.63, 3.8) is 0 Å². The summed E-state index contributed by atoms with van der Waals surface area (Å²) in [5.41, 5.74) is 3.95. The van der Waals surface area contributed by atoms with E-state index in [4.69, 9.17) is 0 Å². The van der Waals surface area contributed by atoms with E-state index in [-0.39, 0.29) is 5.56 Å². The molecule has 0 saturated carbocycles. The Morgan fingerprint density at radius 3 is 2.55 bits per heavy atom. The predicted octanol–water partition coefficient (Wildman–Crippen LogP) is 2.78. The van der Waals surface area contributed by atoms with Crippen LogP contribution in [0.1, 0.15) is 16.8 Å². The van der Waals surface area contributed by atoms with Crippen LogP contribution in [0.4, 0.5) is 0 Å². The Labute approximate surface area is 115 Å². The van der Waals surface area contributed by atoms with Crippen LogP contribution in [0.5, 0.6) is 0 Å². The van der Waals surface area contributed by atoms with Gasteiger partial charge < -0.3 is 4.98 Å². The van der Waals surface area contributed by atoms with Crippen LogP contribution in [-0.2, 0) is 0 Å². The lowest BCUT2D eigenvalue weighted by Crippen LogP contribution is -2.17. The molecule has 1 N–H and O–H groups in total. The number of nitrogens with zero attached hydrogens (tertiary/aromatic N) is 2. The molecule has 0 aliphatic carbocycles. The standard InChI is InChI=1S/C16H13N3O/c1-10-9-19-15(18-10)13(8-17)11(2)14(16(19)20)12-6-4-3-5-7-12/h3-7,9,18H,1-2H3. The Morgan fingerprint density at radius 1 is 1.20 bits per heavy atom. The van der Waals surface area contributed by atoms with Gasteiger partial charge in [0, 0.05) is 11.9 Å². The monoisotopic (exact) mass is 263 g/mol. The summed E-state index contributed by atoms with van der Waals surface area (Å²) in [5.74, 6) is 0. The van der Waals surface area contributed by atoms with E-state index in [0.717, 1.165) is 11.3 Å². The highest BCUT2D eigenvalue weighted by molar-refractivity contribution is 5.74. The van der Waals surface area contributed by atoms with Crippen LogP contribution in [0.3, 0.4) is 0 Å². The SMILES string of the molecule is Cc1cn2c(=O)c(-c3ccccc3)c(C)c(C#N)c2[nH]1. The summed E-state index contributed by atoms with van der Waals surface area (Å²) in [7, 11) is 0. The molecule has 0 bridgehead atoms. The maximum atomic E-state index is 12.7. The van der Waals surface area contributed by atoms with Gasteiger partial charge in [-0.1, -0.05) is 30.3 Å². The van der Waals surface area contributed by atoms with Crippen molar-refractivity contribution in [3.05, 3.63) is 63.7 Å². The molecular formula is C16H13N3O. The first-order valence-electron chi connectivity index (χ1n) is 6.33. The quantitative estimate of drug-likeness (QED) is 0.733. The minimum absolute atomic E-state index is 0.105. The molecule has 0 radical (unpaired) electrons. The lowest BCUT2D eigenvalue weighted by atomic mass is 9.99. The van der Waals surface area contributed by atoms with Gasteiger partial charge in [-0.25, -0.2) is 0 Å². The number of hydrogen-bond donors (Lipinski definition) is 1. The Balaban J connectivity index is 2.51. The topological polar surface area (TPSA) is 61.1 Å². The maximum Gasteiger partial charge on any atom is 0.264 e. The van der Waals surface area contributed by atoms with E-state index in [1.165, 1.54) is 4.40 Å². The van der Waals surface area contributed by atoms with Crippen LogP contribution in [-0.4, -0.2) is 9.38 Å². The fraction of sp³-hybridized carbons (Fsp3) is 0.125. The van der Waals surface area contributed by atoms with Gasteiger partial charge in [-0.2, -0.15) is 5.26 Å². The smallest absolute Gasteiger partial charge is 0.264 e. The molecule has 0 aliphatic heterocycles. The lowest BCUT2D eigenvalue weighted by Gasteiger charge is -2.08. The fourth-order valence-electron chi connectivity index (χ4n) is 2.55. The van der Waals surface area contributed by atoms with Gasteiger partial charge in [-0.15, -0.1) is 0 Å². The molecule has 3 rings (SSSR count). The largest absolute Gasteiger partial charge is 0.343 e. The number of fused-ring (bicyclic) bond motifs is 1. The number of nitrogens with one attached hydrogen (secondary N) is 1. The van der Waals surface area contributed by atoms with Crippen molar-refractivity contribution in [3.8, 4) is 17.2 Å². The van der Waals surface area contributed by atoms with E-state index in [9.17, 15) is 10.1 Å². The summed E-state index contributed by atoms with van der Waals surface area (Å²) in [5, 5.41) is 9.40. The molecule has 0 atom stereocenters. The van der Waals surface area contributed by atoms with Gasteiger partial charge in [0.05, 0.1) is 11.1 Å². The first-order chi connectivity index (χ1) is 9.63. The van der Waals surface area contributed by atoms with Crippen molar-refractivity contribution < 1.29 is 0 Å². The first-order valence-corrected chi connectivity index (χ1v) is 6.33. The van der Waals surface area contributed by atoms with Crippen molar-refractivity contribution in [2.24, 2.45) is 0 Å². The molecular weight excluding hydrogens is 250 g/mol. The highest BCUT2D eigenvalue weighted by Crippen LogP contribution is 2.24. The van der Waals surface area contributed by atoms with Crippen molar-refractivity contribution in [1.82, 2.24) is 9.38 Å². The summed E-state index contributed by atoms with van der Waals surface area (Å²) >= 11 is 0. The van der Waals surface area contributed by atoms with Crippen LogP contribution in [0.2, 0.25) is 0 Å². The molecule has 1 aromatic carbocycles. The number of benzene rings is 1. The van der Waals surface area contributed by atoms with E-state index >= 15 is 0 Å². The third kappa shape index (κ3) is 1.64. The number of rotatable bonds is 1. The van der Waals surface area contributed by atoms with E-state index < -0.39 is 0 Å². The van der Waals surface area contributed by atoms with Gasteiger partial charge >= 0.3 is 0 Å². The molecule has 20 heavy (non-hydrogen) atoms. The molecule has 0 spiro atoms. The zero-order valence-corrected chi connectivity index (χ0v) is 11.3. The molecule has 0 aliphatic rings. The average Bonchev–Trinajstić information content (AvgIpc) is 2.82. The molecule has 0 fully saturated rings. The molecule has 4 heteroatoms. The highest BCUT2D eigenvalue weighted by atomic mass is 16.1. The van der Waals surface area contributed by atoms with Crippen molar-refractivity contribution in [2.75, 3.05) is 0 Å². The summed E-state index contributed by atoms with van der Waals surface area (Å²) in [6, 6.07) is 11.6. The first kappa shape index (κ1) is 12.2. The lowest BCUT2D eigenvalue weighted by molar-refractivity contribution is 1.09. The number of H-pyrrole nitrogens is 1. The Kier molecular flexibility index (Phi) is 2.69. The van der Waals surface area contributed by atoms with Gasteiger partial charge in [0.1, 0.15) is 11.7 Å². The van der Waals surface area contributed by atoms with Gasteiger partial charge in [0.15, 0.2) is 0 Å². The van der Waals surface area contributed by atoms with Gasteiger partial charge in [-0.05, 0) is 25.0 Å². The van der Waals surface area contributed by atoms with Crippen molar-refractivity contribution >= 4 is 5.65 Å². The van der Waals surface area contributed by atoms with E-state index in [2.05, 4.69) is 11.1 Å². The molecule has 3 aromatic rings.